The minimum Gasteiger partial charge on any atom is -0.351 e. The predicted molar refractivity (Wildman–Crippen MR) is 145 cm³/mol. The van der Waals surface area contributed by atoms with Gasteiger partial charge in [0.25, 0.3) is 5.91 Å². The van der Waals surface area contributed by atoms with Crippen molar-refractivity contribution >= 4 is 17.7 Å². The molecule has 2 aromatic rings. The van der Waals surface area contributed by atoms with E-state index in [9.17, 15) is 14.4 Å². The first-order valence-electron chi connectivity index (χ1n) is 14.3. The van der Waals surface area contributed by atoms with Crippen molar-refractivity contribution < 1.29 is 18.9 Å². The summed E-state index contributed by atoms with van der Waals surface area (Å²) in [6.45, 7) is 5.39. The SMILES string of the molecule is CCC(C)C(NC(=O)C(CC1CCCCC1)NC(=O)c1ccno1)C(=O)N1CCC(c2ccccc2)CC1. The van der Waals surface area contributed by atoms with E-state index in [1.54, 1.807) is 0 Å². The van der Waals surface area contributed by atoms with Gasteiger partial charge in [0.05, 0.1) is 6.20 Å². The van der Waals surface area contributed by atoms with Crippen molar-refractivity contribution in [1.82, 2.24) is 20.7 Å². The highest BCUT2D eigenvalue weighted by Crippen LogP contribution is 2.29. The molecule has 8 heteroatoms. The fourth-order valence-corrected chi connectivity index (χ4v) is 5.84. The Morgan fingerprint density at radius 2 is 1.71 bits per heavy atom. The number of nitrogens with one attached hydrogen (secondary N) is 2. The summed E-state index contributed by atoms with van der Waals surface area (Å²) < 4.78 is 5.01. The van der Waals surface area contributed by atoms with Gasteiger partial charge in [0.1, 0.15) is 12.1 Å². The maximum absolute atomic E-state index is 13.7. The molecule has 1 aromatic heterocycles. The topological polar surface area (TPSA) is 105 Å². The molecule has 1 saturated carbocycles. The lowest BCUT2D eigenvalue weighted by molar-refractivity contribution is -0.139. The summed E-state index contributed by atoms with van der Waals surface area (Å²) in [4.78, 5) is 42.0. The Labute approximate surface area is 225 Å². The average Bonchev–Trinajstić information content (AvgIpc) is 3.51. The molecule has 8 nitrogen and oxygen atoms in total. The lowest BCUT2D eigenvalue weighted by Gasteiger charge is -2.36. The Morgan fingerprint density at radius 1 is 1.00 bits per heavy atom. The Balaban J connectivity index is 1.42. The summed E-state index contributed by atoms with van der Waals surface area (Å²) in [5.74, 6) is 0.0551. The lowest BCUT2D eigenvalue weighted by atomic mass is 9.84. The number of carbonyl (C=O) groups is 3. The van der Waals surface area contributed by atoms with E-state index >= 15 is 0 Å². The van der Waals surface area contributed by atoms with Crippen LogP contribution in [0.3, 0.4) is 0 Å². The highest BCUT2D eigenvalue weighted by molar-refractivity contribution is 5.96. The second-order valence-electron chi connectivity index (χ2n) is 11.0. The summed E-state index contributed by atoms with van der Waals surface area (Å²) in [7, 11) is 0. The van der Waals surface area contributed by atoms with E-state index in [4.69, 9.17) is 4.52 Å². The van der Waals surface area contributed by atoms with E-state index in [0.29, 0.717) is 31.3 Å². The molecule has 1 aliphatic heterocycles. The molecule has 0 bridgehead atoms. The molecule has 2 aliphatic rings. The third kappa shape index (κ3) is 7.23. The third-order valence-corrected chi connectivity index (χ3v) is 8.43. The van der Waals surface area contributed by atoms with Crippen molar-refractivity contribution in [2.75, 3.05) is 13.1 Å². The predicted octanol–water partition coefficient (Wildman–Crippen LogP) is 4.68. The molecule has 2 N–H and O–H groups in total. The van der Waals surface area contributed by atoms with Crippen LogP contribution in [-0.2, 0) is 9.59 Å². The summed E-state index contributed by atoms with van der Waals surface area (Å²) in [5.41, 5.74) is 1.32. The number of amides is 3. The number of aromatic nitrogens is 1. The molecule has 206 valence electrons. The standard InChI is InChI=1S/C30H42N4O4/c1-3-21(2)27(30(37)34-18-15-24(16-19-34)23-12-8-5-9-13-23)33-28(35)25(20-22-10-6-4-7-11-22)32-29(36)26-14-17-31-38-26/h5,8-9,12-14,17,21-22,24-25,27H,3-4,6-7,10-11,15-16,18-20H2,1-2H3,(H,32,36)(H,33,35). The van der Waals surface area contributed by atoms with Crippen molar-refractivity contribution in [3.8, 4) is 0 Å². The van der Waals surface area contributed by atoms with Gasteiger partial charge in [-0.05, 0) is 42.6 Å². The number of hydrogen-bond acceptors (Lipinski definition) is 5. The van der Waals surface area contributed by atoms with Gasteiger partial charge in [0.2, 0.25) is 17.6 Å². The van der Waals surface area contributed by atoms with Gasteiger partial charge in [-0.2, -0.15) is 0 Å². The number of piperidine rings is 1. The fourth-order valence-electron chi connectivity index (χ4n) is 5.84. The van der Waals surface area contributed by atoms with Crippen molar-refractivity contribution in [3.05, 3.63) is 53.9 Å². The van der Waals surface area contributed by atoms with Crippen molar-refractivity contribution in [2.45, 2.75) is 89.6 Å². The molecule has 3 amide bonds. The Hall–Kier alpha value is -3.16. The highest BCUT2D eigenvalue weighted by Gasteiger charge is 2.35. The van der Waals surface area contributed by atoms with Gasteiger partial charge in [0.15, 0.2) is 0 Å². The van der Waals surface area contributed by atoms with E-state index < -0.39 is 18.0 Å². The Kier molecular flexibility index (Phi) is 9.96. The van der Waals surface area contributed by atoms with Crippen molar-refractivity contribution in [1.29, 1.82) is 0 Å². The zero-order valence-electron chi connectivity index (χ0n) is 22.7. The van der Waals surface area contributed by atoms with Crippen LogP contribution in [-0.4, -0.2) is 53.0 Å². The lowest BCUT2D eigenvalue weighted by Crippen LogP contribution is -2.57. The van der Waals surface area contributed by atoms with Gasteiger partial charge in [0, 0.05) is 19.2 Å². The van der Waals surface area contributed by atoms with Gasteiger partial charge < -0.3 is 20.1 Å². The third-order valence-electron chi connectivity index (χ3n) is 8.43. The molecule has 1 aromatic carbocycles. The van der Waals surface area contributed by atoms with Crippen LogP contribution in [0.4, 0.5) is 0 Å². The molecule has 4 rings (SSSR count). The van der Waals surface area contributed by atoms with Crippen molar-refractivity contribution in [3.63, 3.8) is 0 Å². The number of carbonyl (C=O) groups excluding carboxylic acids is 3. The summed E-state index contributed by atoms with van der Waals surface area (Å²) in [5, 5.41) is 9.53. The maximum Gasteiger partial charge on any atom is 0.290 e. The zero-order chi connectivity index (χ0) is 26.9. The minimum atomic E-state index is -0.737. The smallest absolute Gasteiger partial charge is 0.290 e. The van der Waals surface area contributed by atoms with Crippen molar-refractivity contribution in [2.24, 2.45) is 11.8 Å². The molecule has 3 unspecified atom stereocenters. The quantitative estimate of drug-likeness (QED) is 0.471. The van der Waals surface area contributed by atoms with Crippen LogP contribution in [0, 0.1) is 11.8 Å². The molecule has 38 heavy (non-hydrogen) atoms. The molecule has 0 spiro atoms. The van der Waals surface area contributed by atoms with Gasteiger partial charge in [-0.1, -0.05) is 87.9 Å². The van der Waals surface area contributed by atoms with Crippen LogP contribution in [0.25, 0.3) is 0 Å². The summed E-state index contributed by atoms with van der Waals surface area (Å²) in [6, 6.07) is 10.6. The van der Waals surface area contributed by atoms with Crippen LogP contribution < -0.4 is 10.6 Å². The second kappa shape index (κ2) is 13.6. The minimum absolute atomic E-state index is 0.0291. The van der Waals surface area contributed by atoms with Crippen LogP contribution in [0.15, 0.2) is 47.1 Å². The number of benzene rings is 1. The van der Waals surface area contributed by atoms with Gasteiger partial charge in [-0.25, -0.2) is 0 Å². The van der Waals surface area contributed by atoms with Crippen LogP contribution in [0.5, 0.6) is 0 Å². The van der Waals surface area contributed by atoms with E-state index in [1.165, 1.54) is 24.2 Å². The van der Waals surface area contributed by atoms with E-state index in [2.05, 4.69) is 40.1 Å². The van der Waals surface area contributed by atoms with Gasteiger partial charge in [-0.15, -0.1) is 0 Å². The number of likely N-dealkylation sites (tertiary alicyclic amines) is 1. The van der Waals surface area contributed by atoms with E-state index in [0.717, 1.165) is 44.9 Å². The normalized spacial score (nSPS) is 19.4. The Bertz CT molecular complexity index is 1030. The zero-order valence-corrected chi connectivity index (χ0v) is 22.7. The second-order valence-corrected chi connectivity index (χ2v) is 11.0. The van der Waals surface area contributed by atoms with E-state index in [-0.39, 0.29) is 23.5 Å². The molecule has 0 radical (unpaired) electrons. The highest BCUT2D eigenvalue weighted by atomic mass is 16.5. The molecular formula is C30H42N4O4. The molecule has 3 atom stereocenters. The number of nitrogens with zero attached hydrogens (tertiary/aromatic N) is 2. The van der Waals surface area contributed by atoms with E-state index in [1.807, 2.05) is 24.8 Å². The molecule has 2 fully saturated rings. The average molecular weight is 523 g/mol. The molecule has 2 heterocycles. The first kappa shape index (κ1) is 27.9. The number of hydrogen-bond donors (Lipinski definition) is 2. The van der Waals surface area contributed by atoms with Gasteiger partial charge >= 0.3 is 0 Å². The fraction of sp³-hybridized carbons (Fsp3) is 0.600. The molecule has 1 aliphatic carbocycles. The first-order chi connectivity index (χ1) is 18.5. The summed E-state index contributed by atoms with van der Waals surface area (Å²) in [6.07, 6.45) is 10.1. The maximum atomic E-state index is 13.7. The monoisotopic (exact) mass is 522 g/mol. The van der Waals surface area contributed by atoms with Crippen LogP contribution >= 0.6 is 0 Å². The molecule has 1 saturated heterocycles. The van der Waals surface area contributed by atoms with Gasteiger partial charge in [-0.3, -0.25) is 14.4 Å². The van der Waals surface area contributed by atoms with Crippen LogP contribution in [0.1, 0.15) is 93.7 Å². The molecular weight excluding hydrogens is 480 g/mol. The Morgan fingerprint density at radius 3 is 2.34 bits per heavy atom. The number of rotatable bonds is 10. The largest absolute Gasteiger partial charge is 0.351 e. The summed E-state index contributed by atoms with van der Waals surface area (Å²) >= 11 is 0. The van der Waals surface area contributed by atoms with Crippen LogP contribution in [0.2, 0.25) is 0 Å². The first-order valence-corrected chi connectivity index (χ1v) is 14.3.